The van der Waals surface area contributed by atoms with Crippen LogP contribution >= 0.6 is 0 Å². The SMILES string of the molecule is CN1CCN(c2cc(N3CCOC(c4cccc(C(F)(F)F)c4)C3)ncn2)CC1=O. The predicted octanol–water partition coefficient (Wildman–Crippen LogP) is 2.35. The van der Waals surface area contributed by atoms with Gasteiger partial charge in [-0.3, -0.25) is 4.79 Å². The minimum atomic E-state index is -4.40. The van der Waals surface area contributed by atoms with Crippen molar-refractivity contribution in [3.8, 4) is 0 Å². The fourth-order valence-corrected chi connectivity index (χ4v) is 3.61. The number of rotatable bonds is 3. The average Bonchev–Trinajstić information content (AvgIpc) is 2.75. The first kappa shape index (κ1) is 20.4. The number of ether oxygens (including phenoxy) is 1. The van der Waals surface area contributed by atoms with Gasteiger partial charge in [0.1, 0.15) is 24.1 Å². The van der Waals surface area contributed by atoms with Crippen LogP contribution in [0.3, 0.4) is 0 Å². The largest absolute Gasteiger partial charge is 0.416 e. The van der Waals surface area contributed by atoms with Crippen molar-refractivity contribution in [2.45, 2.75) is 12.3 Å². The van der Waals surface area contributed by atoms with E-state index in [1.54, 1.807) is 18.0 Å². The third-order valence-corrected chi connectivity index (χ3v) is 5.40. The van der Waals surface area contributed by atoms with Gasteiger partial charge >= 0.3 is 6.18 Å². The van der Waals surface area contributed by atoms with E-state index in [-0.39, 0.29) is 12.5 Å². The average molecular weight is 421 g/mol. The molecule has 3 heterocycles. The van der Waals surface area contributed by atoms with Crippen LogP contribution in [-0.4, -0.2) is 67.2 Å². The number of aromatic nitrogens is 2. The van der Waals surface area contributed by atoms with Crippen molar-refractivity contribution in [1.29, 1.82) is 0 Å². The van der Waals surface area contributed by atoms with Crippen LogP contribution in [0.4, 0.5) is 24.8 Å². The van der Waals surface area contributed by atoms with Crippen molar-refractivity contribution < 1.29 is 22.7 Å². The number of amides is 1. The van der Waals surface area contributed by atoms with Crippen LogP contribution in [0.1, 0.15) is 17.2 Å². The van der Waals surface area contributed by atoms with Crippen LogP contribution in [0.2, 0.25) is 0 Å². The van der Waals surface area contributed by atoms with Gasteiger partial charge in [0.15, 0.2) is 0 Å². The summed E-state index contributed by atoms with van der Waals surface area (Å²) < 4.78 is 44.9. The number of anilines is 2. The molecular formula is C20H22F3N5O2. The molecule has 1 aromatic carbocycles. The number of nitrogens with zero attached hydrogens (tertiary/aromatic N) is 5. The molecule has 30 heavy (non-hydrogen) atoms. The zero-order valence-corrected chi connectivity index (χ0v) is 16.5. The Morgan fingerprint density at radius 3 is 2.57 bits per heavy atom. The Labute approximate surface area is 172 Å². The molecule has 1 aromatic heterocycles. The highest BCUT2D eigenvalue weighted by Gasteiger charge is 2.32. The molecule has 160 valence electrons. The van der Waals surface area contributed by atoms with Gasteiger partial charge < -0.3 is 19.4 Å². The number of alkyl halides is 3. The normalized spacial score (nSPS) is 20.6. The Morgan fingerprint density at radius 2 is 1.83 bits per heavy atom. The summed E-state index contributed by atoms with van der Waals surface area (Å²) in [6.07, 6.45) is -3.45. The number of morpholine rings is 1. The second-order valence-electron chi connectivity index (χ2n) is 7.40. The number of piperazine rings is 1. The smallest absolute Gasteiger partial charge is 0.370 e. The minimum absolute atomic E-state index is 0.0254. The predicted molar refractivity (Wildman–Crippen MR) is 104 cm³/mol. The molecule has 1 atom stereocenters. The second kappa shape index (κ2) is 8.10. The standard InChI is InChI=1S/C20H22F3N5O2/c1-26-5-6-27(12-19(26)29)17-10-18(25-13-24-17)28-7-8-30-16(11-28)14-3-2-4-15(9-14)20(21,22)23/h2-4,9-10,13,16H,5-8,11-12H2,1H3. The van der Waals surface area contributed by atoms with E-state index in [0.717, 1.165) is 12.1 Å². The van der Waals surface area contributed by atoms with Gasteiger partial charge in [0, 0.05) is 39.3 Å². The molecule has 0 aliphatic carbocycles. The Hall–Kier alpha value is -2.88. The summed E-state index contributed by atoms with van der Waals surface area (Å²) in [7, 11) is 1.77. The summed E-state index contributed by atoms with van der Waals surface area (Å²) in [5.41, 5.74) is -0.210. The van der Waals surface area contributed by atoms with Gasteiger partial charge in [-0.2, -0.15) is 13.2 Å². The first-order valence-electron chi connectivity index (χ1n) is 9.66. The Balaban J connectivity index is 1.51. The van der Waals surface area contributed by atoms with Crippen molar-refractivity contribution >= 4 is 17.5 Å². The molecule has 7 nitrogen and oxygen atoms in total. The third-order valence-electron chi connectivity index (χ3n) is 5.40. The lowest BCUT2D eigenvalue weighted by atomic mass is 10.0. The van der Waals surface area contributed by atoms with Crippen molar-refractivity contribution in [1.82, 2.24) is 14.9 Å². The van der Waals surface area contributed by atoms with E-state index in [9.17, 15) is 18.0 Å². The number of carbonyl (C=O) groups is 1. The van der Waals surface area contributed by atoms with E-state index in [1.165, 1.54) is 12.4 Å². The van der Waals surface area contributed by atoms with Gasteiger partial charge in [-0.15, -0.1) is 0 Å². The molecule has 2 aromatic rings. The molecule has 10 heteroatoms. The molecule has 2 aliphatic rings. The maximum absolute atomic E-state index is 13.0. The molecule has 0 saturated carbocycles. The summed E-state index contributed by atoms with van der Waals surface area (Å²) in [6, 6.07) is 7.04. The van der Waals surface area contributed by atoms with Gasteiger partial charge in [-0.1, -0.05) is 12.1 Å². The highest BCUT2D eigenvalue weighted by molar-refractivity contribution is 5.82. The van der Waals surface area contributed by atoms with Gasteiger partial charge in [0.2, 0.25) is 5.91 Å². The molecule has 2 fully saturated rings. The van der Waals surface area contributed by atoms with Gasteiger partial charge in [0.25, 0.3) is 0 Å². The highest BCUT2D eigenvalue weighted by Crippen LogP contribution is 2.33. The number of hydrogen-bond acceptors (Lipinski definition) is 6. The van der Waals surface area contributed by atoms with E-state index in [0.29, 0.717) is 50.0 Å². The van der Waals surface area contributed by atoms with Crippen LogP contribution in [-0.2, 0) is 15.7 Å². The second-order valence-corrected chi connectivity index (χ2v) is 7.40. The zero-order chi connectivity index (χ0) is 21.3. The summed E-state index contributed by atoms with van der Waals surface area (Å²) in [6.45, 7) is 2.85. The topological polar surface area (TPSA) is 61.8 Å². The van der Waals surface area contributed by atoms with Crippen LogP contribution in [0.5, 0.6) is 0 Å². The molecule has 0 radical (unpaired) electrons. The Morgan fingerprint density at radius 1 is 1.07 bits per heavy atom. The highest BCUT2D eigenvalue weighted by atomic mass is 19.4. The lowest BCUT2D eigenvalue weighted by molar-refractivity contribution is -0.137. The minimum Gasteiger partial charge on any atom is -0.370 e. The van der Waals surface area contributed by atoms with E-state index >= 15 is 0 Å². The quantitative estimate of drug-likeness (QED) is 0.758. The number of hydrogen-bond donors (Lipinski definition) is 0. The van der Waals surface area contributed by atoms with Crippen LogP contribution in [0.15, 0.2) is 36.7 Å². The number of halogens is 3. The summed E-state index contributed by atoms with van der Waals surface area (Å²) >= 11 is 0. The molecule has 0 N–H and O–H groups in total. The molecule has 1 unspecified atom stereocenters. The molecule has 2 saturated heterocycles. The van der Waals surface area contributed by atoms with Crippen LogP contribution in [0.25, 0.3) is 0 Å². The lowest BCUT2D eigenvalue weighted by Gasteiger charge is -2.35. The number of carbonyl (C=O) groups excluding carboxylic acids is 1. The molecule has 2 aliphatic heterocycles. The first-order chi connectivity index (χ1) is 14.3. The van der Waals surface area contributed by atoms with Gasteiger partial charge in [-0.05, 0) is 17.7 Å². The summed E-state index contributed by atoms with van der Waals surface area (Å²) in [4.78, 5) is 26.2. The summed E-state index contributed by atoms with van der Waals surface area (Å²) in [5, 5.41) is 0. The maximum Gasteiger partial charge on any atom is 0.416 e. The van der Waals surface area contributed by atoms with Crippen LogP contribution in [0, 0.1) is 0 Å². The third kappa shape index (κ3) is 4.33. The maximum atomic E-state index is 13.0. The zero-order valence-electron chi connectivity index (χ0n) is 16.5. The number of benzene rings is 1. The van der Waals surface area contributed by atoms with Crippen LogP contribution < -0.4 is 9.80 Å². The van der Waals surface area contributed by atoms with E-state index in [2.05, 4.69) is 9.97 Å². The fraction of sp³-hybridized carbons (Fsp3) is 0.450. The van der Waals surface area contributed by atoms with Gasteiger partial charge in [-0.25, -0.2) is 9.97 Å². The van der Waals surface area contributed by atoms with E-state index < -0.39 is 17.8 Å². The first-order valence-corrected chi connectivity index (χ1v) is 9.66. The number of likely N-dealkylation sites (N-methyl/N-ethyl adjacent to an activating group) is 1. The summed E-state index contributed by atoms with van der Waals surface area (Å²) in [5.74, 6) is 1.34. The molecule has 0 spiro atoms. The van der Waals surface area contributed by atoms with Crippen molar-refractivity contribution in [2.75, 3.05) is 56.2 Å². The van der Waals surface area contributed by atoms with Crippen molar-refractivity contribution in [3.05, 3.63) is 47.8 Å². The monoisotopic (exact) mass is 421 g/mol. The van der Waals surface area contributed by atoms with Crippen molar-refractivity contribution in [3.63, 3.8) is 0 Å². The molecule has 1 amide bonds. The van der Waals surface area contributed by atoms with E-state index in [1.807, 2.05) is 15.9 Å². The molecular weight excluding hydrogens is 399 g/mol. The molecule has 0 bridgehead atoms. The van der Waals surface area contributed by atoms with Crippen molar-refractivity contribution in [2.24, 2.45) is 0 Å². The van der Waals surface area contributed by atoms with Gasteiger partial charge in [0.05, 0.1) is 18.7 Å². The van der Waals surface area contributed by atoms with E-state index in [4.69, 9.17) is 4.74 Å². The Kier molecular flexibility index (Phi) is 5.50. The molecule has 4 rings (SSSR count). The lowest BCUT2D eigenvalue weighted by Crippen LogP contribution is -2.49. The Bertz CT molecular complexity index is 923. The fourth-order valence-electron chi connectivity index (χ4n) is 3.61.